The summed E-state index contributed by atoms with van der Waals surface area (Å²) < 4.78 is 2.09. The van der Waals surface area contributed by atoms with Crippen molar-refractivity contribution in [3.8, 4) is 10.7 Å². The van der Waals surface area contributed by atoms with Crippen molar-refractivity contribution < 1.29 is 0 Å². The van der Waals surface area contributed by atoms with E-state index in [0.717, 1.165) is 30.1 Å². The van der Waals surface area contributed by atoms with Crippen LogP contribution in [0.15, 0.2) is 26.6 Å². The van der Waals surface area contributed by atoms with Crippen LogP contribution in [0.5, 0.6) is 0 Å². The summed E-state index contributed by atoms with van der Waals surface area (Å²) in [6.07, 6.45) is 1.75. The average Bonchev–Trinajstić information content (AvgIpc) is 2.83. The van der Waals surface area contributed by atoms with Crippen LogP contribution < -0.4 is 0 Å². The van der Waals surface area contributed by atoms with Gasteiger partial charge in [0, 0.05) is 10.7 Å². The molecule has 0 radical (unpaired) electrons. The minimum Gasteiger partial charge on any atom is -0.336 e. The molecule has 0 aromatic carbocycles. The van der Waals surface area contributed by atoms with Gasteiger partial charge in [0.15, 0.2) is 11.5 Å². The van der Waals surface area contributed by atoms with Crippen LogP contribution in [-0.4, -0.2) is 15.0 Å². The number of thiophene rings is 1. The van der Waals surface area contributed by atoms with Crippen LogP contribution in [-0.2, 0) is 0 Å². The highest BCUT2D eigenvalue weighted by atomic mass is 79.9. The number of H-pyrrole nitrogens is 1. The van der Waals surface area contributed by atoms with Crippen LogP contribution in [0.3, 0.4) is 0 Å². The van der Waals surface area contributed by atoms with E-state index in [2.05, 4.69) is 59.8 Å². The fourth-order valence-electron chi connectivity index (χ4n) is 1.57. The summed E-state index contributed by atoms with van der Waals surface area (Å²) >= 11 is 8.59. The number of hydrogen-bond acceptors (Lipinski definition) is 3. The number of imidazole rings is 1. The van der Waals surface area contributed by atoms with Gasteiger partial charge in [-0.15, -0.1) is 11.3 Å². The number of rotatable bonds is 1. The first kappa shape index (κ1) is 11.4. The molecule has 0 bridgehead atoms. The molecular weight excluding hydrogens is 366 g/mol. The lowest BCUT2D eigenvalue weighted by atomic mass is 10.3. The van der Waals surface area contributed by atoms with E-state index in [-0.39, 0.29) is 0 Å². The Morgan fingerprint density at radius 3 is 2.82 bits per heavy atom. The maximum absolute atomic E-state index is 4.48. The topological polar surface area (TPSA) is 41.6 Å². The first-order valence-corrected chi connectivity index (χ1v) is 7.31. The van der Waals surface area contributed by atoms with Gasteiger partial charge in [0.2, 0.25) is 0 Å². The van der Waals surface area contributed by atoms with Crippen molar-refractivity contribution in [3.63, 3.8) is 0 Å². The monoisotopic (exact) mass is 371 g/mol. The average molecular weight is 373 g/mol. The summed E-state index contributed by atoms with van der Waals surface area (Å²) in [5.74, 6) is 0.865. The molecule has 3 aromatic rings. The second-order valence-corrected chi connectivity index (χ2v) is 6.96. The van der Waals surface area contributed by atoms with Gasteiger partial charge >= 0.3 is 0 Å². The third-order valence-corrected chi connectivity index (χ3v) is 4.97. The van der Waals surface area contributed by atoms with Crippen LogP contribution in [0.4, 0.5) is 0 Å². The second kappa shape index (κ2) is 4.19. The van der Waals surface area contributed by atoms with E-state index in [1.807, 2.05) is 6.07 Å². The summed E-state index contributed by atoms with van der Waals surface area (Å²) in [6, 6.07) is 4.09. The summed E-state index contributed by atoms with van der Waals surface area (Å²) in [6.45, 7) is 2.07. The largest absolute Gasteiger partial charge is 0.336 e. The zero-order valence-corrected chi connectivity index (χ0v) is 12.8. The smallest absolute Gasteiger partial charge is 0.178 e. The van der Waals surface area contributed by atoms with E-state index < -0.39 is 0 Å². The number of aromatic nitrogens is 3. The Labute approximate surface area is 119 Å². The summed E-state index contributed by atoms with van der Waals surface area (Å²) in [5.41, 5.74) is 2.90. The van der Waals surface area contributed by atoms with Gasteiger partial charge < -0.3 is 4.98 Å². The molecule has 0 aliphatic rings. The number of hydrogen-bond donors (Lipinski definition) is 1. The highest BCUT2D eigenvalue weighted by Gasteiger charge is 2.10. The molecule has 0 spiro atoms. The van der Waals surface area contributed by atoms with Crippen molar-refractivity contribution in [2.75, 3.05) is 0 Å². The molecule has 0 unspecified atom stereocenters. The predicted molar refractivity (Wildman–Crippen MR) is 77.3 cm³/mol. The fourth-order valence-corrected chi connectivity index (χ4v) is 3.38. The van der Waals surface area contributed by atoms with E-state index in [1.54, 1.807) is 17.5 Å². The fraction of sp³-hybridized carbons (Fsp3) is 0.0909. The maximum Gasteiger partial charge on any atom is 0.178 e. The number of aryl methyl sites for hydroxylation is 1. The van der Waals surface area contributed by atoms with Crippen molar-refractivity contribution >= 4 is 54.4 Å². The molecule has 0 saturated heterocycles. The van der Waals surface area contributed by atoms with Crippen molar-refractivity contribution in [2.45, 2.75) is 6.92 Å². The third-order valence-electron chi connectivity index (χ3n) is 2.39. The normalized spacial score (nSPS) is 11.2. The molecule has 6 heteroatoms. The van der Waals surface area contributed by atoms with Gasteiger partial charge in [0.05, 0.1) is 14.2 Å². The Bertz CT molecular complexity index is 682. The van der Waals surface area contributed by atoms with Gasteiger partial charge in [0.25, 0.3) is 0 Å². The van der Waals surface area contributed by atoms with Crippen LogP contribution in [0, 0.1) is 6.92 Å². The van der Waals surface area contributed by atoms with Crippen molar-refractivity contribution in [2.24, 2.45) is 0 Å². The number of nitrogens with one attached hydrogen (secondary N) is 1. The van der Waals surface area contributed by atoms with Gasteiger partial charge in [-0.3, -0.25) is 0 Å². The minimum atomic E-state index is 0.741. The zero-order chi connectivity index (χ0) is 12.0. The quantitative estimate of drug-likeness (QED) is 0.682. The lowest BCUT2D eigenvalue weighted by Gasteiger charge is -1.87. The third kappa shape index (κ3) is 2.05. The van der Waals surface area contributed by atoms with E-state index in [0.29, 0.717) is 0 Å². The lowest BCUT2D eigenvalue weighted by molar-refractivity contribution is 1.31. The highest BCUT2D eigenvalue weighted by Crippen LogP contribution is 2.34. The van der Waals surface area contributed by atoms with Crippen molar-refractivity contribution in [3.05, 3.63) is 32.2 Å². The van der Waals surface area contributed by atoms with Crippen LogP contribution in [0.1, 0.15) is 5.56 Å². The van der Waals surface area contributed by atoms with Crippen LogP contribution >= 0.6 is 43.2 Å². The maximum atomic E-state index is 4.48. The van der Waals surface area contributed by atoms with Gasteiger partial charge in [-0.1, -0.05) is 0 Å². The molecule has 3 nitrogen and oxygen atoms in total. The van der Waals surface area contributed by atoms with E-state index in [4.69, 9.17) is 0 Å². The molecule has 0 aliphatic carbocycles. The molecule has 0 amide bonds. The van der Waals surface area contributed by atoms with Gasteiger partial charge in [-0.2, -0.15) is 0 Å². The van der Waals surface area contributed by atoms with Crippen LogP contribution in [0.2, 0.25) is 0 Å². The number of fused-ring (bicyclic) bond motifs is 1. The first-order chi connectivity index (χ1) is 8.13. The summed E-state index contributed by atoms with van der Waals surface area (Å²) in [4.78, 5) is 13.1. The van der Waals surface area contributed by atoms with Gasteiger partial charge in [0.1, 0.15) is 0 Å². The number of halogens is 2. The SMILES string of the molecule is Cc1cc(-c2nc3ncc(Br)cc3[nH]2)sc1Br. The van der Waals surface area contributed by atoms with E-state index >= 15 is 0 Å². The van der Waals surface area contributed by atoms with E-state index in [1.165, 1.54) is 5.56 Å². The molecule has 17 heavy (non-hydrogen) atoms. The molecule has 0 aliphatic heterocycles. The van der Waals surface area contributed by atoms with Gasteiger partial charge in [-0.25, -0.2) is 9.97 Å². The lowest BCUT2D eigenvalue weighted by Crippen LogP contribution is -1.75. The van der Waals surface area contributed by atoms with Gasteiger partial charge in [-0.05, 0) is 56.5 Å². The minimum absolute atomic E-state index is 0.741. The first-order valence-electron chi connectivity index (χ1n) is 4.91. The second-order valence-electron chi connectivity index (χ2n) is 3.68. The molecule has 0 fully saturated rings. The van der Waals surface area contributed by atoms with Crippen molar-refractivity contribution in [1.82, 2.24) is 15.0 Å². The molecule has 3 heterocycles. The molecular formula is C11H7Br2N3S. The molecule has 0 saturated carbocycles. The van der Waals surface area contributed by atoms with Crippen LogP contribution in [0.25, 0.3) is 21.9 Å². The molecule has 1 N–H and O–H groups in total. The molecule has 86 valence electrons. The zero-order valence-electron chi connectivity index (χ0n) is 8.79. The van der Waals surface area contributed by atoms with E-state index in [9.17, 15) is 0 Å². The summed E-state index contributed by atoms with van der Waals surface area (Å²) in [5, 5.41) is 0. The Balaban J connectivity index is 2.17. The Kier molecular flexibility index (Phi) is 2.80. The Morgan fingerprint density at radius 2 is 2.12 bits per heavy atom. The van der Waals surface area contributed by atoms with Crippen molar-refractivity contribution in [1.29, 1.82) is 0 Å². The highest BCUT2D eigenvalue weighted by molar-refractivity contribution is 9.11. The number of pyridine rings is 1. The summed E-state index contributed by atoms with van der Waals surface area (Å²) in [7, 11) is 0. The standard InChI is InChI=1S/C11H7Br2N3S/c1-5-2-8(17-9(5)13)11-15-7-3-6(12)4-14-10(7)16-11/h2-4H,1H3,(H,14,15,16). The molecule has 0 atom stereocenters. The molecule has 3 aromatic heterocycles. The predicted octanol–water partition coefficient (Wildman–Crippen LogP) is 4.52. The Morgan fingerprint density at radius 1 is 1.29 bits per heavy atom. The number of nitrogens with zero attached hydrogens (tertiary/aromatic N) is 2. The molecule has 3 rings (SSSR count). The Hall–Kier alpha value is -0.720. The number of aromatic amines is 1.